The van der Waals surface area contributed by atoms with E-state index in [0.717, 1.165) is 26.9 Å². The van der Waals surface area contributed by atoms with Gasteiger partial charge in [-0.25, -0.2) is 4.98 Å². The Morgan fingerprint density at radius 3 is 2.78 bits per heavy atom. The predicted molar refractivity (Wildman–Crippen MR) is 110 cm³/mol. The SMILES string of the molecule is COc1cccc(NC(=O)C[NH+](C)Cc2csc(-c3ccc(Cl)cc3)n2)c1. The molecule has 0 saturated heterocycles. The zero-order valence-electron chi connectivity index (χ0n) is 15.2. The molecule has 0 radical (unpaired) electrons. The van der Waals surface area contributed by atoms with E-state index in [-0.39, 0.29) is 5.91 Å². The van der Waals surface area contributed by atoms with Gasteiger partial charge in [-0.3, -0.25) is 4.79 Å². The van der Waals surface area contributed by atoms with Crippen LogP contribution in [0.15, 0.2) is 53.9 Å². The van der Waals surface area contributed by atoms with Crippen molar-refractivity contribution >= 4 is 34.5 Å². The van der Waals surface area contributed by atoms with E-state index in [1.807, 2.05) is 54.9 Å². The molecule has 2 aromatic carbocycles. The van der Waals surface area contributed by atoms with Gasteiger partial charge >= 0.3 is 0 Å². The summed E-state index contributed by atoms with van der Waals surface area (Å²) in [6.07, 6.45) is 0. The first kappa shape index (κ1) is 19.4. The summed E-state index contributed by atoms with van der Waals surface area (Å²) in [7, 11) is 3.58. The lowest BCUT2D eigenvalue weighted by Crippen LogP contribution is -3.08. The lowest BCUT2D eigenvalue weighted by Gasteiger charge is -2.13. The first-order valence-corrected chi connectivity index (χ1v) is 9.75. The number of hydrogen-bond donors (Lipinski definition) is 2. The normalized spacial score (nSPS) is 11.8. The molecule has 7 heteroatoms. The molecular weight excluding hydrogens is 382 g/mol. The first-order chi connectivity index (χ1) is 13.0. The van der Waals surface area contributed by atoms with Gasteiger partial charge in [0.25, 0.3) is 5.91 Å². The lowest BCUT2D eigenvalue weighted by atomic mass is 10.2. The van der Waals surface area contributed by atoms with Gasteiger partial charge in [-0.15, -0.1) is 11.3 Å². The third kappa shape index (κ3) is 5.53. The minimum absolute atomic E-state index is 0.0473. The maximum absolute atomic E-state index is 12.3. The molecule has 1 atom stereocenters. The Bertz CT molecular complexity index is 912. The molecule has 0 fully saturated rings. The van der Waals surface area contributed by atoms with Crippen LogP contribution in [0.2, 0.25) is 5.02 Å². The highest BCUT2D eigenvalue weighted by molar-refractivity contribution is 7.13. The number of carbonyl (C=O) groups excluding carboxylic acids is 1. The van der Waals surface area contributed by atoms with Gasteiger partial charge in [0.2, 0.25) is 0 Å². The predicted octanol–water partition coefficient (Wildman–Crippen LogP) is 3.13. The summed E-state index contributed by atoms with van der Waals surface area (Å²) in [5.41, 5.74) is 2.74. The Labute approximate surface area is 167 Å². The number of methoxy groups -OCH3 is 1. The summed E-state index contributed by atoms with van der Waals surface area (Å²) in [5, 5.41) is 6.60. The van der Waals surface area contributed by atoms with Crippen molar-refractivity contribution in [2.75, 3.05) is 26.0 Å². The van der Waals surface area contributed by atoms with Crippen LogP contribution in [0, 0.1) is 0 Å². The number of halogens is 1. The monoisotopic (exact) mass is 402 g/mol. The zero-order valence-corrected chi connectivity index (χ0v) is 16.7. The number of aromatic nitrogens is 1. The Hall–Kier alpha value is -2.41. The number of nitrogens with one attached hydrogen (secondary N) is 2. The standard InChI is InChI=1S/C20H20ClN3O2S/c1-24(12-19(25)22-16-4-3-5-18(10-16)26-2)11-17-13-27-20(23-17)14-6-8-15(21)9-7-14/h3-10,13H,11-12H2,1-2H3,(H,22,25)/p+1. The summed E-state index contributed by atoms with van der Waals surface area (Å²) in [6.45, 7) is 1.03. The maximum atomic E-state index is 12.3. The minimum Gasteiger partial charge on any atom is -0.497 e. The van der Waals surface area contributed by atoms with Crippen molar-refractivity contribution in [2.45, 2.75) is 6.54 Å². The van der Waals surface area contributed by atoms with Gasteiger partial charge in [0.05, 0.1) is 14.2 Å². The smallest absolute Gasteiger partial charge is 0.279 e. The molecule has 0 aliphatic carbocycles. The molecule has 140 valence electrons. The Kier molecular flexibility index (Phi) is 6.45. The molecule has 1 amide bonds. The van der Waals surface area contributed by atoms with E-state index in [4.69, 9.17) is 16.3 Å². The fourth-order valence-corrected chi connectivity index (χ4v) is 3.62. The molecule has 3 aromatic rings. The quantitative estimate of drug-likeness (QED) is 0.638. The molecular formula is C20H21ClN3O2S+. The molecule has 1 unspecified atom stereocenters. The summed E-state index contributed by atoms with van der Waals surface area (Å²) in [4.78, 5) is 18.0. The average molecular weight is 403 g/mol. The summed E-state index contributed by atoms with van der Waals surface area (Å²) < 4.78 is 5.17. The van der Waals surface area contributed by atoms with Gasteiger partial charge in [0, 0.05) is 27.7 Å². The number of anilines is 1. The van der Waals surface area contributed by atoms with Crippen molar-refractivity contribution in [1.82, 2.24) is 4.98 Å². The van der Waals surface area contributed by atoms with Gasteiger partial charge in [-0.2, -0.15) is 0 Å². The van der Waals surface area contributed by atoms with Crippen LogP contribution in [0.3, 0.4) is 0 Å². The van der Waals surface area contributed by atoms with Gasteiger partial charge < -0.3 is 15.0 Å². The molecule has 2 N–H and O–H groups in total. The summed E-state index contributed by atoms with van der Waals surface area (Å²) in [5.74, 6) is 0.666. The highest BCUT2D eigenvalue weighted by Gasteiger charge is 2.14. The number of thiazole rings is 1. The molecule has 1 aromatic heterocycles. The third-order valence-electron chi connectivity index (χ3n) is 3.94. The van der Waals surface area contributed by atoms with E-state index in [1.165, 1.54) is 0 Å². The number of quaternary nitrogens is 1. The van der Waals surface area contributed by atoms with Gasteiger partial charge in [0.1, 0.15) is 23.0 Å². The zero-order chi connectivity index (χ0) is 19.2. The molecule has 0 bridgehead atoms. The third-order valence-corrected chi connectivity index (χ3v) is 5.13. The van der Waals surface area contributed by atoms with Crippen LogP contribution < -0.4 is 15.0 Å². The summed E-state index contributed by atoms with van der Waals surface area (Å²) in [6, 6.07) is 15.0. The number of carbonyl (C=O) groups is 1. The summed E-state index contributed by atoms with van der Waals surface area (Å²) >= 11 is 7.53. The van der Waals surface area contributed by atoms with Crippen LogP contribution in [-0.4, -0.2) is 31.6 Å². The van der Waals surface area contributed by atoms with Crippen molar-refractivity contribution in [3.63, 3.8) is 0 Å². The molecule has 27 heavy (non-hydrogen) atoms. The van der Waals surface area contributed by atoms with E-state index in [0.29, 0.717) is 23.9 Å². The molecule has 0 aliphatic heterocycles. The number of ether oxygens (including phenoxy) is 1. The van der Waals surface area contributed by atoms with Gasteiger partial charge in [0.15, 0.2) is 6.54 Å². The second-order valence-corrected chi connectivity index (χ2v) is 7.54. The van der Waals surface area contributed by atoms with Crippen molar-refractivity contribution in [1.29, 1.82) is 0 Å². The molecule has 0 spiro atoms. The molecule has 1 heterocycles. The van der Waals surface area contributed by atoms with Crippen molar-refractivity contribution in [2.24, 2.45) is 0 Å². The number of hydrogen-bond acceptors (Lipinski definition) is 4. The van der Waals surface area contributed by atoms with E-state index in [2.05, 4.69) is 10.3 Å². The van der Waals surface area contributed by atoms with Crippen LogP contribution >= 0.6 is 22.9 Å². The highest BCUT2D eigenvalue weighted by Crippen LogP contribution is 2.24. The van der Waals surface area contributed by atoms with Gasteiger partial charge in [-0.05, 0) is 24.3 Å². The van der Waals surface area contributed by atoms with E-state index < -0.39 is 0 Å². The fraction of sp³-hybridized carbons (Fsp3) is 0.200. The van der Waals surface area contributed by atoms with E-state index in [9.17, 15) is 4.79 Å². The van der Waals surface area contributed by atoms with Crippen LogP contribution in [0.4, 0.5) is 5.69 Å². The lowest BCUT2D eigenvalue weighted by molar-refractivity contribution is -0.885. The van der Waals surface area contributed by atoms with Gasteiger partial charge in [-0.1, -0.05) is 29.8 Å². The maximum Gasteiger partial charge on any atom is 0.279 e. The largest absolute Gasteiger partial charge is 0.497 e. The van der Waals surface area contributed by atoms with Crippen LogP contribution in [0.25, 0.3) is 10.6 Å². The minimum atomic E-state index is -0.0473. The Morgan fingerprint density at radius 2 is 2.04 bits per heavy atom. The second-order valence-electron chi connectivity index (χ2n) is 6.24. The van der Waals surface area contributed by atoms with Crippen LogP contribution in [0.5, 0.6) is 5.75 Å². The second kappa shape index (κ2) is 8.99. The Morgan fingerprint density at radius 1 is 1.26 bits per heavy atom. The number of likely N-dealkylation sites (N-methyl/N-ethyl adjacent to an activating group) is 1. The van der Waals surface area contributed by atoms with Crippen molar-refractivity contribution in [3.05, 3.63) is 64.6 Å². The number of benzene rings is 2. The van der Waals surface area contributed by atoms with Crippen LogP contribution in [-0.2, 0) is 11.3 Å². The first-order valence-electron chi connectivity index (χ1n) is 8.49. The Balaban J connectivity index is 1.55. The number of nitrogens with zero attached hydrogens (tertiary/aromatic N) is 1. The number of amides is 1. The van der Waals surface area contributed by atoms with Crippen molar-refractivity contribution < 1.29 is 14.4 Å². The molecule has 0 saturated carbocycles. The van der Waals surface area contributed by atoms with E-state index >= 15 is 0 Å². The van der Waals surface area contributed by atoms with Crippen LogP contribution in [0.1, 0.15) is 5.69 Å². The fourth-order valence-electron chi connectivity index (χ4n) is 2.67. The topological polar surface area (TPSA) is 55.7 Å². The van der Waals surface area contributed by atoms with E-state index in [1.54, 1.807) is 24.5 Å². The highest BCUT2D eigenvalue weighted by atomic mass is 35.5. The number of rotatable bonds is 7. The molecule has 3 rings (SSSR count). The van der Waals surface area contributed by atoms with Crippen molar-refractivity contribution in [3.8, 4) is 16.3 Å². The average Bonchev–Trinajstić information content (AvgIpc) is 3.10. The molecule has 0 aliphatic rings. The molecule has 5 nitrogen and oxygen atoms in total.